The maximum atomic E-state index is 13.3. The van der Waals surface area contributed by atoms with Crippen LogP contribution in [0.3, 0.4) is 0 Å². The third-order valence-corrected chi connectivity index (χ3v) is 6.38. The van der Waals surface area contributed by atoms with Gasteiger partial charge in [-0.3, -0.25) is 9.36 Å². The number of nitrogens with zero attached hydrogens (tertiary/aromatic N) is 3. The number of ether oxygens (including phenoxy) is 1. The molecule has 0 amide bonds. The highest BCUT2D eigenvalue weighted by Crippen LogP contribution is 2.30. The maximum Gasteiger partial charge on any atom is 0.358 e. The number of methoxy groups -OCH3 is 1. The van der Waals surface area contributed by atoms with Crippen LogP contribution in [-0.4, -0.2) is 40.7 Å². The van der Waals surface area contributed by atoms with Crippen molar-refractivity contribution in [2.45, 2.75) is 38.6 Å². The number of hydrogen-bond donors (Lipinski definition) is 2. The predicted octanol–water partition coefficient (Wildman–Crippen LogP) is 3.72. The number of carbonyl (C=O) groups excluding carboxylic acids is 1. The van der Waals surface area contributed by atoms with Gasteiger partial charge in [0.2, 0.25) is 0 Å². The lowest BCUT2D eigenvalue weighted by Gasteiger charge is -2.25. The summed E-state index contributed by atoms with van der Waals surface area (Å²) in [6, 6.07) is 6.96. The first kappa shape index (κ1) is 23.2. The normalized spacial score (nSPS) is 15.4. The fourth-order valence-corrected chi connectivity index (χ4v) is 4.61. The van der Waals surface area contributed by atoms with Crippen molar-refractivity contribution < 1.29 is 9.53 Å². The number of aryl methyl sites for hydroxylation is 1. The van der Waals surface area contributed by atoms with Crippen molar-refractivity contribution in [3.8, 4) is 0 Å². The largest absolute Gasteiger partial charge is 0.464 e. The Morgan fingerprint density at radius 3 is 2.70 bits per heavy atom. The van der Waals surface area contributed by atoms with Crippen LogP contribution in [-0.2, 0) is 11.8 Å². The van der Waals surface area contributed by atoms with Crippen LogP contribution < -0.4 is 16.2 Å². The fraction of sp³-hybridized carbons (Fsp3) is 0.417. The number of benzene rings is 1. The molecule has 1 fully saturated rings. The molecule has 0 bridgehead atoms. The van der Waals surface area contributed by atoms with Gasteiger partial charge in [-0.25, -0.2) is 14.8 Å². The van der Waals surface area contributed by atoms with Gasteiger partial charge >= 0.3 is 5.97 Å². The van der Waals surface area contributed by atoms with Crippen LogP contribution in [0.2, 0.25) is 5.15 Å². The van der Waals surface area contributed by atoms with Crippen molar-refractivity contribution >= 4 is 34.2 Å². The topological polar surface area (TPSA) is 98.1 Å². The summed E-state index contributed by atoms with van der Waals surface area (Å²) >= 11 is 6.00. The zero-order valence-electron chi connectivity index (χ0n) is 19.2. The Morgan fingerprint density at radius 2 is 2.00 bits per heavy atom. The first-order chi connectivity index (χ1) is 15.8. The first-order valence-electron chi connectivity index (χ1n) is 11.0. The molecular weight excluding hydrogens is 442 g/mol. The lowest BCUT2D eigenvalue weighted by molar-refractivity contribution is 0.0595. The SMILES string of the molecule is COC(=O)c1nc(Cl)ccc1NC(C)c1cc(C)cc2c(=O)n(C)c(C3CCNCC3)nc12. The lowest BCUT2D eigenvalue weighted by atomic mass is 9.95. The molecule has 1 saturated heterocycles. The Kier molecular flexibility index (Phi) is 6.67. The van der Waals surface area contributed by atoms with E-state index in [0.717, 1.165) is 42.9 Å². The van der Waals surface area contributed by atoms with Gasteiger partial charge in [-0.1, -0.05) is 17.7 Å². The second kappa shape index (κ2) is 9.49. The molecule has 33 heavy (non-hydrogen) atoms. The van der Waals surface area contributed by atoms with Gasteiger partial charge in [0.15, 0.2) is 5.69 Å². The Morgan fingerprint density at radius 1 is 1.27 bits per heavy atom. The number of pyridine rings is 1. The Bertz CT molecular complexity index is 1270. The maximum absolute atomic E-state index is 13.3. The molecule has 3 heterocycles. The summed E-state index contributed by atoms with van der Waals surface area (Å²) in [5.41, 5.74) is 3.07. The van der Waals surface area contributed by atoms with E-state index in [4.69, 9.17) is 21.3 Å². The van der Waals surface area contributed by atoms with E-state index in [1.165, 1.54) is 7.11 Å². The molecule has 1 aliphatic heterocycles. The summed E-state index contributed by atoms with van der Waals surface area (Å²) in [4.78, 5) is 34.7. The molecule has 1 unspecified atom stereocenters. The van der Waals surface area contributed by atoms with Crippen molar-refractivity contribution in [2.75, 3.05) is 25.5 Å². The van der Waals surface area contributed by atoms with E-state index in [9.17, 15) is 9.59 Å². The molecule has 1 aliphatic rings. The molecule has 1 aromatic carbocycles. The van der Waals surface area contributed by atoms with Crippen LogP contribution in [0.25, 0.3) is 10.9 Å². The van der Waals surface area contributed by atoms with Gasteiger partial charge in [-0.15, -0.1) is 0 Å². The van der Waals surface area contributed by atoms with Gasteiger partial charge in [0.25, 0.3) is 5.56 Å². The predicted molar refractivity (Wildman–Crippen MR) is 129 cm³/mol. The van der Waals surface area contributed by atoms with E-state index in [2.05, 4.69) is 15.6 Å². The molecule has 0 aliphatic carbocycles. The third-order valence-electron chi connectivity index (χ3n) is 6.17. The summed E-state index contributed by atoms with van der Waals surface area (Å²) in [6.45, 7) is 5.75. The first-order valence-corrected chi connectivity index (χ1v) is 11.4. The second-order valence-corrected chi connectivity index (χ2v) is 8.88. The Balaban J connectivity index is 1.81. The van der Waals surface area contributed by atoms with Gasteiger partial charge in [-0.2, -0.15) is 0 Å². The average Bonchev–Trinajstić information content (AvgIpc) is 2.82. The lowest BCUT2D eigenvalue weighted by Crippen LogP contribution is -2.31. The minimum atomic E-state index is -0.582. The zero-order valence-corrected chi connectivity index (χ0v) is 20.0. The summed E-state index contributed by atoms with van der Waals surface area (Å²) in [6.07, 6.45) is 1.89. The van der Waals surface area contributed by atoms with Crippen LogP contribution in [0.15, 0.2) is 29.1 Å². The van der Waals surface area contributed by atoms with Crippen molar-refractivity contribution in [2.24, 2.45) is 7.05 Å². The molecule has 2 N–H and O–H groups in total. The highest BCUT2D eigenvalue weighted by Gasteiger charge is 2.24. The van der Waals surface area contributed by atoms with Crippen LogP contribution >= 0.6 is 11.6 Å². The van der Waals surface area contributed by atoms with Crippen LogP contribution in [0, 0.1) is 6.92 Å². The highest BCUT2D eigenvalue weighted by molar-refractivity contribution is 6.29. The number of carbonyl (C=O) groups is 1. The van der Waals surface area contributed by atoms with Crippen molar-refractivity contribution in [1.29, 1.82) is 0 Å². The van der Waals surface area contributed by atoms with Gasteiger partial charge in [0.1, 0.15) is 11.0 Å². The van der Waals surface area contributed by atoms with Gasteiger partial charge in [0.05, 0.1) is 29.7 Å². The van der Waals surface area contributed by atoms with E-state index in [1.54, 1.807) is 23.7 Å². The van der Waals surface area contributed by atoms with E-state index in [-0.39, 0.29) is 28.4 Å². The second-order valence-electron chi connectivity index (χ2n) is 8.50. The van der Waals surface area contributed by atoms with E-state index in [0.29, 0.717) is 16.6 Å². The minimum absolute atomic E-state index is 0.0471. The minimum Gasteiger partial charge on any atom is -0.464 e. The summed E-state index contributed by atoms with van der Waals surface area (Å²) < 4.78 is 6.55. The number of halogens is 1. The molecular formula is C24H28ClN5O3. The number of esters is 1. The number of nitrogens with one attached hydrogen (secondary N) is 2. The van der Waals surface area contributed by atoms with E-state index < -0.39 is 5.97 Å². The van der Waals surface area contributed by atoms with Gasteiger partial charge in [-0.05, 0) is 63.5 Å². The Labute approximate surface area is 197 Å². The van der Waals surface area contributed by atoms with Crippen LogP contribution in [0.1, 0.15) is 59.2 Å². The molecule has 0 spiro atoms. The molecule has 4 rings (SSSR count). The number of fused-ring (bicyclic) bond motifs is 1. The monoisotopic (exact) mass is 469 g/mol. The van der Waals surface area contributed by atoms with Crippen LogP contribution in [0.4, 0.5) is 5.69 Å². The smallest absolute Gasteiger partial charge is 0.358 e. The molecule has 0 saturated carbocycles. The number of aromatic nitrogens is 3. The summed E-state index contributed by atoms with van der Waals surface area (Å²) in [7, 11) is 3.10. The summed E-state index contributed by atoms with van der Waals surface area (Å²) in [5, 5.41) is 7.49. The van der Waals surface area contributed by atoms with Crippen molar-refractivity contribution in [1.82, 2.24) is 19.9 Å². The molecule has 174 valence electrons. The summed E-state index contributed by atoms with van der Waals surface area (Å²) in [5.74, 6) is 0.466. The average molecular weight is 470 g/mol. The zero-order chi connectivity index (χ0) is 23.7. The highest BCUT2D eigenvalue weighted by atomic mass is 35.5. The van der Waals surface area contributed by atoms with Crippen molar-refractivity contribution in [3.63, 3.8) is 0 Å². The van der Waals surface area contributed by atoms with Crippen LogP contribution in [0.5, 0.6) is 0 Å². The van der Waals surface area contributed by atoms with Gasteiger partial charge in [0, 0.05) is 18.5 Å². The number of piperidine rings is 1. The molecule has 8 nitrogen and oxygen atoms in total. The van der Waals surface area contributed by atoms with Crippen molar-refractivity contribution in [3.05, 3.63) is 62.4 Å². The number of rotatable bonds is 5. The molecule has 3 aromatic rings. The molecule has 2 aromatic heterocycles. The molecule has 1 atom stereocenters. The molecule has 9 heteroatoms. The van der Waals surface area contributed by atoms with Gasteiger partial charge < -0.3 is 15.4 Å². The number of hydrogen-bond acceptors (Lipinski definition) is 7. The van der Waals surface area contributed by atoms with E-state index >= 15 is 0 Å². The molecule has 0 radical (unpaired) electrons. The fourth-order valence-electron chi connectivity index (χ4n) is 4.46. The quantitative estimate of drug-likeness (QED) is 0.434. The number of anilines is 1. The third kappa shape index (κ3) is 4.58. The standard InChI is InChI=1S/C24H28ClN5O3/c1-13-11-16(14(2)27-18-5-6-19(25)28-21(18)24(32)33-4)20-17(12-13)23(31)30(3)22(29-20)15-7-9-26-10-8-15/h5-6,11-12,14-15,26-27H,7-10H2,1-4H3. The van der Waals surface area contributed by atoms with E-state index in [1.807, 2.05) is 26.0 Å². The Hall–Kier alpha value is -2.97.